The summed E-state index contributed by atoms with van der Waals surface area (Å²) in [5.41, 5.74) is 7.78. The first-order valence-corrected chi connectivity index (χ1v) is 8.55. The lowest BCUT2D eigenvalue weighted by molar-refractivity contribution is -0.133. The maximum atomic E-state index is 11.9. The molecule has 6 heteroatoms. The van der Waals surface area contributed by atoms with Crippen molar-refractivity contribution in [3.63, 3.8) is 0 Å². The Balaban J connectivity index is 2.00. The van der Waals surface area contributed by atoms with Crippen LogP contribution in [0.1, 0.15) is 45.1 Å². The van der Waals surface area contributed by atoms with Gasteiger partial charge in [0, 0.05) is 36.5 Å². The number of hydrogen-bond acceptors (Lipinski definition) is 3. The Kier molecular flexibility index (Phi) is 6.81. The number of carbonyl (C=O) groups is 2. The van der Waals surface area contributed by atoms with Crippen LogP contribution < -0.4 is 10.9 Å². The van der Waals surface area contributed by atoms with Gasteiger partial charge in [-0.2, -0.15) is 0 Å². The highest BCUT2D eigenvalue weighted by Gasteiger charge is 2.13. The molecule has 130 valence electrons. The molecule has 0 aliphatic carbocycles. The summed E-state index contributed by atoms with van der Waals surface area (Å²) >= 11 is 0. The van der Waals surface area contributed by atoms with E-state index >= 15 is 0 Å². The predicted octanol–water partition coefficient (Wildman–Crippen LogP) is 2.68. The number of hydrazine groups is 2. The zero-order valence-corrected chi connectivity index (χ0v) is 14.4. The van der Waals surface area contributed by atoms with Crippen molar-refractivity contribution in [3.05, 3.63) is 36.0 Å². The fourth-order valence-electron chi connectivity index (χ4n) is 2.58. The molecule has 1 aromatic carbocycles. The van der Waals surface area contributed by atoms with Gasteiger partial charge in [-0.3, -0.25) is 20.4 Å². The summed E-state index contributed by atoms with van der Waals surface area (Å²) in [7, 11) is 0. The van der Waals surface area contributed by atoms with E-state index < -0.39 is 0 Å². The lowest BCUT2D eigenvalue weighted by Crippen LogP contribution is -2.53. The van der Waals surface area contributed by atoms with Crippen molar-refractivity contribution in [1.29, 1.82) is 0 Å². The molecule has 0 radical (unpaired) electrons. The van der Waals surface area contributed by atoms with E-state index in [2.05, 4.69) is 21.9 Å². The van der Waals surface area contributed by atoms with Gasteiger partial charge in [0.05, 0.1) is 0 Å². The van der Waals surface area contributed by atoms with Gasteiger partial charge < -0.3 is 4.98 Å². The molecule has 2 amide bonds. The molecular weight excluding hydrogens is 304 g/mol. The summed E-state index contributed by atoms with van der Waals surface area (Å²) in [6.07, 6.45) is 5.10. The van der Waals surface area contributed by atoms with Crippen molar-refractivity contribution in [2.45, 2.75) is 46.0 Å². The van der Waals surface area contributed by atoms with Gasteiger partial charge in [-0.15, -0.1) is 5.12 Å². The summed E-state index contributed by atoms with van der Waals surface area (Å²) in [6, 6.07) is 8.09. The van der Waals surface area contributed by atoms with Crippen molar-refractivity contribution in [2.24, 2.45) is 0 Å². The first kappa shape index (κ1) is 18.0. The number of carbonyl (C=O) groups excluding carboxylic acids is 2. The third-order valence-electron chi connectivity index (χ3n) is 3.75. The lowest BCUT2D eigenvalue weighted by Gasteiger charge is -2.23. The van der Waals surface area contributed by atoms with Crippen LogP contribution in [0.25, 0.3) is 10.9 Å². The highest BCUT2D eigenvalue weighted by atomic mass is 16.2. The Hall–Kier alpha value is -2.34. The topological polar surface area (TPSA) is 77.2 Å². The number of amides is 2. The zero-order valence-electron chi connectivity index (χ0n) is 14.4. The molecule has 1 heterocycles. The third kappa shape index (κ3) is 5.09. The van der Waals surface area contributed by atoms with E-state index in [1.54, 1.807) is 0 Å². The quantitative estimate of drug-likeness (QED) is 0.619. The molecule has 0 aliphatic heterocycles. The van der Waals surface area contributed by atoms with Gasteiger partial charge >= 0.3 is 0 Å². The first-order valence-electron chi connectivity index (χ1n) is 8.55. The summed E-state index contributed by atoms with van der Waals surface area (Å²) in [5, 5.41) is 2.68. The van der Waals surface area contributed by atoms with Crippen molar-refractivity contribution >= 4 is 22.7 Å². The van der Waals surface area contributed by atoms with Gasteiger partial charge in [-0.1, -0.05) is 32.0 Å². The summed E-state index contributed by atoms with van der Waals surface area (Å²) in [5.74, 6) is -0.179. The van der Waals surface area contributed by atoms with Crippen molar-refractivity contribution in [3.8, 4) is 0 Å². The maximum Gasteiger partial charge on any atom is 0.235 e. The number of aromatic nitrogens is 1. The van der Waals surface area contributed by atoms with Crippen LogP contribution in [0, 0.1) is 0 Å². The molecule has 6 nitrogen and oxygen atoms in total. The van der Waals surface area contributed by atoms with Crippen molar-refractivity contribution in [1.82, 2.24) is 21.0 Å². The van der Waals surface area contributed by atoms with E-state index in [0.717, 1.165) is 29.3 Å². The van der Waals surface area contributed by atoms with Crippen molar-refractivity contribution < 1.29 is 9.59 Å². The molecular formula is C18H26N4O2. The number of para-hydroxylation sites is 1. The van der Waals surface area contributed by atoms with Crippen LogP contribution in [-0.4, -0.2) is 28.5 Å². The summed E-state index contributed by atoms with van der Waals surface area (Å²) in [6.45, 7) is 4.41. The molecule has 0 atom stereocenters. The Bertz CT molecular complexity index is 660. The predicted molar refractivity (Wildman–Crippen MR) is 94.8 cm³/mol. The summed E-state index contributed by atoms with van der Waals surface area (Å²) < 4.78 is 0. The van der Waals surface area contributed by atoms with E-state index in [-0.39, 0.29) is 11.8 Å². The summed E-state index contributed by atoms with van der Waals surface area (Å²) in [4.78, 5) is 27.0. The van der Waals surface area contributed by atoms with Gasteiger partial charge in [0.25, 0.3) is 0 Å². The van der Waals surface area contributed by atoms with Gasteiger partial charge in [-0.05, 0) is 30.9 Å². The Morgan fingerprint density at radius 3 is 2.29 bits per heavy atom. The molecule has 1 aromatic heterocycles. The Labute approximate surface area is 142 Å². The zero-order chi connectivity index (χ0) is 17.4. The molecule has 3 N–H and O–H groups in total. The molecule has 0 aliphatic rings. The largest absolute Gasteiger partial charge is 0.361 e. The highest BCUT2D eigenvalue weighted by molar-refractivity contribution is 5.83. The van der Waals surface area contributed by atoms with Gasteiger partial charge in [0.15, 0.2) is 0 Å². The minimum absolute atomic E-state index is 0.0896. The number of fused-ring (bicyclic) bond motifs is 1. The van der Waals surface area contributed by atoms with E-state index in [1.165, 1.54) is 5.12 Å². The van der Waals surface area contributed by atoms with Gasteiger partial charge in [-0.25, -0.2) is 0 Å². The van der Waals surface area contributed by atoms with Crippen LogP contribution in [-0.2, 0) is 16.0 Å². The first-order chi connectivity index (χ1) is 11.6. The second-order valence-corrected chi connectivity index (χ2v) is 5.83. The minimum atomic E-state index is -0.0896. The maximum absolute atomic E-state index is 11.9. The fourth-order valence-corrected chi connectivity index (χ4v) is 2.58. The van der Waals surface area contributed by atoms with E-state index in [0.29, 0.717) is 25.8 Å². The number of hydrogen-bond donors (Lipinski definition) is 3. The number of nitrogens with zero attached hydrogens (tertiary/aromatic N) is 1. The number of nitrogens with one attached hydrogen (secondary N) is 3. The van der Waals surface area contributed by atoms with Crippen LogP contribution in [0.15, 0.2) is 30.5 Å². The molecule has 0 saturated heterocycles. The van der Waals surface area contributed by atoms with Crippen LogP contribution in [0.4, 0.5) is 0 Å². The average molecular weight is 330 g/mol. The standard InChI is InChI=1S/C18H26N4O2/c1-3-7-17(23)20-22(21-18(24)8-4-2)12-11-14-13-19-16-10-6-5-9-15(14)16/h5-6,9-10,13,19H,3-4,7-8,11-12H2,1-2H3,(H,20,23)(H,21,24). The highest BCUT2D eigenvalue weighted by Crippen LogP contribution is 2.18. The van der Waals surface area contributed by atoms with Crippen LogP contribution in [0.5, 0.6) is 0 Å². The molecule has 0 saturated carbocycles. The lowest BCUT2D eigenvalue weighted by atomic mass is 10.1. The van der Waals surface area contributed by atoms with Crippen LogP contribution >= 0.6 is 0 Å². The smallest absolute Gasteiger partial charge is 0.235 e. The van der Waals surface area contributed by atoms with Crippen LogP contribution in [0.3, 0.4) is 0 Å². The Morgan fingerprint density at radius 2 is 1.67 bits per heavy atom. The second-order valence-electron chi connectivity index (χ2n) is 5.83. The molecule has 0 unspecified atom stereocenters. The molecule has 24 heavy (non-hydrogen) atoms. The Morgan fingerprint density at radius 1 is 1.04 bits per heavy atom. The number of benzene rings is 1. The third-order valence-corrected chi connectivity index (χ3v) is 3.75. The molecule has 0 fully saturated rings. The number of H-pyrrole nitrogens is 1. The SMILES string of the molecule is CCCC(=O)NN(CCc1c[nH]c2ccccc12)NC(=O)CCC. The van der Waals surface area contributed by atoms with Gasteiger partial charge in [0.1, 0.15) is 0 Å². The van der Waals surface area contributed by atoms with Crippen molar-refractivity contribution in [2.75, 3.05) is 6.54 Å². The normalized spacial score (nSPS) is 11.0. The minimum Gasteiger partial charge on any atom is -0.361 e. The fraction of sp³-hybridized carbons (Fsp3) is 0.444. The molecule has 0 spiro atoms. The molecule has 2 rings (SSSR count). The number of rotatable bonds is 9. The van der Waals surface area contributed by atoms with E-state index in [1.807, 2.05) is 38.2 Å². The number of aromatic amines is 1. The monoisotopic (exact) mass is 330 g/mol. The van der Waals surface area contributed by atoms with E-state index in [9.17, 15) is 9.59 Å². The molecule has 2 aromatic rings. The average Bonchev–Trinajstić information content (AvgIpc) is 2.96. The van der Waals surface area contributed by atoms with Crippen LogP contribution in [0.2, 0.25) is 0 Å². The van der Waals surface area contributed by atoms with E-state index in [4.69, 9.17) is 0 Å². The van der Waals surface area contributed by atoms with Gasteiger partial charge in [0.2, 0.25) is 11.8 Å². The molecule has 0 bridgehead atoms. The second kappa shape index (κ2) is 9.08.